The van der Waals surface area contributed by atoms with E-state index < -0.39 is 0 Å². The summed E-state index contributed by atoms with van der Waals surface area (Å²) in [6.45, 7) is 2.80. The summed E-state index contributed by atoms with van der Waals surface area (Å²) < 4.78 is 0. The summed E-state index contributed by atoms with van der Waals surface area (Å²) >= 11 is 5.85. The number of anilines is 1. The van der Waals surface area contributed by atoms with E-state index in [2.05, 4.69) is 13.0 Å². The van der Waals surface area contributed by atoms with E-state index in [1.54, 1.807) is 0 Å². The molecular weight excluding hydrogens is 234 g/mol. The minimum Gasteiger partial charge on any atom is -0.312 e. The number of fused-ring (bicyclic) bond motifs is 1. The molecule has 2 nitrogen and oxygen atoms in total. The fourth-order valence-electron chi connectivity index (χ4n) is 2.25. The van der Waals surface area contributed by atoms with Crippen molar-refractivity contribution in [3.63, 3.8) is 0 Å². The summed E-state index contributed by atoms with van der Waals surface area (Å²) in [4.78, 5) is 14.0. The SMILES string of the molecule is CC(CCl)CN1C(=O)CCCc2ccccc21. The first-order valence-corrected chi connectivity index (χ1v) is 6.70. The minimum atomic E-state index is 0.229. The number of benzene rings is 1. The van der Waals surface area contributed by atoms with E-state index in [0.717, 1.165) is 25.1 Å². The van der Waals surface area contributed by atoms with Crippen molar-refractivity contribution in [1.29, 1.82) is 0 Å². The van der Waals surface area contributed by atoms with E-state index in [9.17, 15) is 4.79 Å². The number of rotatable bonds is 3. The quantitative estimate of drug-likeness (QED) is 0.756. The van der Waals surface area contributed by atoms with Crippen LogP contribution in [0, 0.1) is 5.92 Å². The molecule has 0 radical (unpaired) electrons. The standard InChI is InChI=1S/C14H18ClNO/c1-11(9-15)10-16-13-7-3-2-5-12(13)6-4-8-14(16)17/h2-3,5,7,11H,4,6,8-10H2,1H3. The van der Waals surface area contributed by atoms with Crippen molar-refractivity contribution < 1.29 is 4.79 Å². The van der Waals surface area contributed by atoms with Gasteiger partial charge in [0.05, 0.1) is 0 Å². The van der Waals surface area contributed by atoms with Crippen LogP contribution in [0.2, 0.25) is 0 Å². The molecule has 1 heterocycles. The summed E-state index contributed by atoms with van der Waals surface area (Å²) in [6, 6.07) is 8.19. The molecule has 0 saturated heterocycles. The summed E-state index contributed by atoms with van der Waals surface area (Å²) in [7, 11) is 0. The molecule has 2 rings (SSSR count). The first kappa shape index (κ1) is 12.4. The third-order valence-corrected chi connectivity index (χ3v) is 3.70. The monoisotopic (exact) mass is 251 g/mol. The van der Waals surface area contributed by atoms with E-state index in [0.29, 0.717) is 18.2 Å². The largest absolute Gasteiger partial charge is 0.312 e. The molecule has 1 atom stereocenters. The molecule has 92 valence electrons. The number of aryl methyl sites for hydroxylation is 1. The molecule has 1 aliphatic heterocycles. The van der Waals surface area contributed by atoms with E-state index in [-0.39, 0.29) is 5.91 Å². The van der Waals surface area contributed by atoms with Crippen molar-refractivity contribution in [2.24, 2.45) is 5.92 Å². The van der Waals surface area contributed by atoms with Crippen LogP contribution in [-0.4, -0.2) is 18.3 Å². The van der Waals surface area contributed by atoms with Crippen molar-refractivity contribution >= 4 is 23.2 Å². The van der Waals surface area contributed by atoms with Gasteiger partial charge in [-0.05, 0) is 30.4 Å². The molecule has 0 aliphatic carbocycles. The highest BCUT2D eigenvalue weighted by molar-refractivity contribution is 6.18. The normalized spacial score (nSPS) is 17.5. The van der Waals surface area contributed by atoms with Crippen LogP contribution in [-0.2, 0) is 11.2 Å². The van der Waals surface area contributed by atoms with Gasteiger partial charge in [-0.25, -0.2) is 0 Å². The molecule has 0 bridgehead atoms. The predicted molar refractivity (Wildman–Crippen MR) is 71.6 cm³/mol. The molecule has 1 aromatic rings. The Balaban J connectivity index is 2.30. The molecule has 0 N–H and O–H groups in total. The number of para-hydroxylation sites is 1. The molecule has 1 amide bonds. The maximum absolute atomic E-state index is 12.1. The molecule has 1 aliphatic rings. The van der Waals surface area contributed by atoms with Gasteiger partial charge < -0.3 is 4.90 Å². The zero-order chi connectivity index (χ0) is 12.3. The number of hydrogen-bond donors (Lipinski definition) is 0. The van der Waals surface area contributed by atoms with Crippen molar-refractivity contribution in [2.75, 3.05) is 17.3 Å². The lowest BCUT2D eigenvalue weighted by molar-refractivity contribution is -0.118. The van der Waals surface area contributed by atoms with Gasteiger partial charge in [-0.1, -0.05) is 25.1 Å². The number of nitrogens with zero attached hydrogens (tertiary/aromatic N) is 1. The molecule has 1 unspecified atom stereocenters. The summed E-state index contributed by atoms with van der Waals surface area (Å²) in [5, 5.41) is 0. The van der Waals surface area contributed by atoms with Gasteiger partial charge in [0.25, 0.3) is 0 Å². The van der Waals surface area contributed by atoms with E-state index in [1.807, 2.05) is 23.1 Å². The lowest BCUT2D eigenvalue weighted by Crippen LogP contribution is -2.34. The highest BCUT2D eigenvalue weighted by atomic mass is 35.5. The number of carbonyl (C=O) groups is 1. The molecule has 0 fully saturated rings. The Morgan fingerprint density at radius 1 is 1.35 bits per heavy atom. The number of hydrogen-bond acceptors (Lipinski definition) is 1. The lowest BCUT2D eigenvalue weighted by atomic mass is 10.1. The predicted octanol–water partition coefficient (Wildman–Crippen LogP) is 3.23. The van der Waals surface area contributed by atoms with Crippen molar-refractivity contribution in [3.8, 4) is 0 Å². The van der Waals surface area contributed by atoms with Gasteiger partial charge in [0.2, 0.25) is 5.91 Å². The van der Waals surface area contributed by atoms with Crippen molar-refractivity contribution in [2.45, 2.75) is 26.2 Å². The van der Waals surface area contributed by atoms with Gasteiger partial charge in [-0.15, -0.1) is 11.6 Å². The minimum absolute atomic E-state index is 0.229. The van der Waals surface area contributed by atoms with Crippen LogP contribution in [0.3, 0.4) is 0 Å². The molecule has 0 aromatic heterocycles. The molecule has 3 heteroatoms. The number of alkyl halides is 1. The van der Waals surface area contributed by atoms with Crippen molar-refractivity contribution in [3.05, 3.63) is 29.8 Å². The highest BCUT2D eigenvalue weighted by Gasteiger charge is 2.22. The Morgan fingerprint density at radius 2 is 2.12 bits per heavy atom. The number of halogens is 1. The number of carbonyl (C=O) groups excluding carboxylic acids is 1. The fraction of sp³-hybridized carbons (Fsp3) is 0.500. The Morgan fingerprint density at radius 3 is 2.88 bits per heavy atom. The summed E-state index contributed by atoms with van der Waals surface area (Å²) in [5.74, 6) is 1.14. The topological polar surface area (TPSA) is 20.3 Å². The number of amides is 1. The first-order valence-electron chi connectivity index (χ1n) is 6.16. The van der Waals surface area contributed by atoms with Gasteiger partial charge in [0.15, 0.2) is 0 Å². The second-order valence-corrected chi connectivity index (χ2v) is 5.05. The van der Waals surface area contributed by atoms with Crippen LogP contribution in [0.5, 0.6) is 0 Å². The fourth-order valence-corrected chi connectivity index (χ4v) is 2.34. The Bertz CT molecular complexity index is 405. The molecular formula is C14H18ClNO. The van der Waals surface area contributed by atoms with Gasteiger partial charge >= 0.3 is 0 Å². The smallest absolute Gasteiger partial charge is 0.227 e. The van der Waals surface area contributed by atoms with Crippen LogP contribution >= 0.6 is 11.6 Å². The third-order valence-electron chi connectivity index (χ3n) is 3.18. The van der Waals surface area contributed by atoms with Gasteiger partial charge in [0.1, 0.15) is 0 Å². The summed E-state index contributed by atoms with van der Waals surface area (Å²) in [5.41, 5.74) is 2.35. The Hall–Kier alpha value is -1.02. The third kappa shape index (κ3) is 2.81. The Labute approximate surface area is 108 Å². The maximum atomic E-state index is 12.1. The van der Waals surface area contributed by atoms with Crippen LogP contribution in [0.1, 0.15) is 25.3 Å². The first-order chi connectivity index (χ1) is 8.22. The Kier molecular flexibility index (Phi) is 4.06. The van der Waals surface area contributed by atoms with E-state index in [4.69, 9.17) is 11.6 Å². The van der Waals surface area contributed by atoms with Crippen LogP contribution < -0.4 is 4.90 Å². The molecule has 0 spiro atoms. The van der Waals surface area contributed by atoms with Crippen LogP contribution in [0.15, 0.2) is 24.3 Å². The van der Waals surface area contributed by atoms with Crippen LogP contribution in [0.25, 0.3) is 0 Å². The second-order valence-electron chi connectivity index (χ2n) is 4.75. The zero-order valence-corrected chi connectivity index (χ0v) is 10.9. The average molecular weight is 252 g/mol. The van der Waals surface area contributed by atoms with Gasteiger partial charge in [-0.3, -0.25) is 4.79 Å². The molecule has 0 saturated carbocycles. The molecule has 1 aromatic carbocycles. The zero-order valence-electron chi connectivity index (χ0n) is 10.2. The van der Waals surface area contributed by atoms with Crippen LogP contribution in [0.4, 0.5) is 5.69 Å². The van der Waals surface area contributed by atoms with E-state index in [1.165, 1.54) is 5.56 Å². The average Bonchev–Trinajstić information content (AvgIpc) is 2.50. The van der Waals surface area contributed by atoms with Gasteiger partial charge in [-0.2, -0.15) is 0 Å². The van der Waals surface area contributed by atoms with Crippen molar-refractivity contribution in [1.82, 2.24) is 0 Å². The maximum Gasteiger partial charge on any atom is 0.227 e. The molecule has 17 heavy (non-hydrogen) atoms. The second kappa shape index (κ2) is 5.54. The summed E-state index contributed by atoms with van der Waals surface area (Å²) in [6.07, 6.45) is 2.58. The lowest BCUT2D eigenvalue weighted by Gasteiger charge is -2.25. The van der Waals surface area contributed by atoms with Gasteiger partial charge in [0, 0.05) is 24.5 Å². The van der Waals surface area contributed by atoms with E-state index >= 15 is 0 Å². The highest BCUT2D eigenvalue weighted by Crippen LogP contribution is 2.27.